The molecule has 3 aromatic rings. The van der Waals surface area contributed by atoms with Crippen molar-refractivity contribution in [3.63, 3.8) is 0 Å². The second kappa shape index (κ2) is 8.61. The van der Waals surface area contributed by atoms with Gasteiger partial charge in [-0.05, 0) is 30.7 Å². The van der Waals surface area contributed by atoms with E-state index in [0.717, 1.165) is 12.2 Å². The number of thiazole rings is 1. The van der Waals surface area contributed by atoms with E-state index in [2.05, 4.69) is 26.4 Å². The Morgan fingerprint density at radius 3 is 2.87 bits per heavy atom. The minimum atomic E-state index is -0.625. The number of benzene rings is 1. The van der Waals surface area contributed by atoms with Crippen LogP contribution in [0.1, 0.15) is 28.5 Å². The standard InChI is InChI=1S/C20H20FN7OS/c21-14-1-3-15(4-2-14)25-20-17(19(23)29)10-28(26-20)18-5-6-27(8-13(18)7-22)9-16-11-30-12-24-16/h1-4,10-13,18H,5-6,8-9H2,(H2,23,29)(H,25,26)/t13-,18+/m1/s1. The number of rotatable bonds is 6. The number of nitrogens with zero attached hydrogens (tertiary/aromatic N) is 5. The van der Waals surface area contributed by atoms with Crippen LogP contribution in [0.25, 0.3) is 0 Å². The Balaban J connectivity index is 1.53. The monoisotopic (exact) mass is 425 g/mol. The number of hydrogen-bond acceptors (Lipinski definition) is 7. The summed E-state index contributed by atoms with van der Waals surface area (Å²) in [7, 11) is 0. The first-order valence-corrected chi connectivity index (χ1v) is 10.4. The highest BCUT2D eigenvalue weighted by molar-refractivity contribution is 7.07. The minimum absolute atomic E-state index is 0.177. The third-order valence-corrected chi connectivity index (χ3v) is 5.77. The van der Waals surface area contributed by atoms with Crippen LogP contribution >= 0.6 is 11.3 Å². The van der Waals surface area contributed by atoms with Crippen LogP contribution in [0, 0.1) is 23.1 Å². The van der Waals surface area contributed by atoms with Crippen LogP contribution in [-0.2, 0) is 6.54 Å². The minimum Gasteiger partial charge on any atom is -0.365 e. The third-order valence-electron chi connectivity index (χ3n) is 5.14. The number of carbonyl (C=O) groups is 1. The maximum Gasteiger partial charge on any atom is 0.254 e. The number of likely N-dealkylation sites (tertiary alicyclic amines) is 1. The van der Waals surface area contributed by atoms with Gasteiger partial charge in [-0.25, -0.2) is 9.37 Å². The number of primary amides is 1. The van der Waals surface area contributed by atoms with Crippen molar-refractivity contribution in [2.24, 2.45) is 11.7 Å². The number of hydrogen-bond donors (Lipinski definition) is 2. The molecular weight excluding hydrogens is 405 g/mol. The lowest BCUT2D eigenvalue weighted by atomic mass is 9.93. The first-order valence-electron chi connectivity index (χ1n) is 9.44. The molecule has 154 valence electrons. The van der Waals surface area contributed by atoms with Crippen LogP contribution in [0.15, 0.2) is 41.4 Å². The SMILES string of the molecule is N#C[C@@H]1CN(Cc2cscn2)CC[C@@H]1n1cc(C(N)=O)c(Nc2ccc(F)cc2)n1. The fourth-order valence-corrected chi connectivity index (χ4v) is 4.19. The zero-order chi connectivity index (χ0) is 21.1. The first kappa shape index (κ1) is 20.0. The lowest BCUT2D eigenvalue weighted by Crippen LogP contribution is -2.40. The van der Waals surface area contributed by atoms with Crippen LogP contribution < -0.4 is 11.1 Å². The van der Waals surface area contributed by atoms with Crippen molar-refractivity contribution in [3.05, 3.63) is 58.4 Å². The quantitative estimate of drug-likeness (QED) is 0.628. The summed E-state index contributed by atoms with van der Waals surface area (Å²) in [6.45, 7) is 2.08. The van der Waals surface area contributed by atoms with E-state index < -0.39 is 5.91 Å². The number of nitrogens with two attached hydrogens (primary N) is 1. The molecule has 30 heavy (non-hydrogen) atoms. The lowest BCUT2D eigenvalue weighted by Gasteiger charge is -2.35. The normalized spacial score (nSPS) is 19.3. The van der Waals surface area contributed by atoms with Crippen molar-refractivity contribution in [1.82, 2.24) is 19.7 Å². The molecule has 1 amide bonds. The molecule has 4 rings (SSSR count). The second-order valence-corrected chi connectivity index (χ2v) is 7.89. The molecule has 2 aromatic heterocycles. The van der Waals surface area contributed by atoms with Gasteiger partial charge in [-0.3, -0.25) is 14.4 Å². The summed E-state index contributed by atoms with van der Waals surface area (Å²) in [5, 5.41) is 19.3. The number of anilines is 2. The maximum absolute atomic E-state index is 13.2. The van der Waals surface area contributed by atoms with E-state index in [0.29, 0.717) is 25.2 Å². The molecule has 0 bridgehead atoms. The molecule has 0 unspecified atom stereocenters. The van der Waals surface area contributed by atoms with Gasteiger partial charge in [0.2, 0.25) is 0 Å². The summed E-state index contributed by atoms with van der Waals surface area (Å²) >= 11 is 1.55. The van der Waals surface area contributed by atoms with Gasteiger partial charge in [-0.1, -0.05) is 0 Å². The molecule has 0 saturated carbocycles. The van der Waals surface area contributed by atoms with Crippen LogP contribution in [0.4, 0.5) is 15.9 Å². The molecular formula is C20H20FN7OS. The first-order chi connectivity index (χ1) is 14.5. The maximum atomic E-state index is 13.2. The third kappa shape index (κ3) is 4.32. The molecule has 3 N–H and O–H groups in total. The molecule has 10 heteroatoms. The van der Waals surface area contributed by atoms with Crippen molar-refractivity contribution in [3.8, 4) is 6.07 Å². The Bertz CT molecular complexity index is 1060. The Morgan fingerprint density at radius 1 is 1.40 bits per heavy atom. The van der Waals surface area contributed by atoms with E-state index in [4.69, 9.17) is 5.73 Å². The smallest absolute Gasteiger partial charge is 0.254 e. The van der Waals surface area contributed by atoms with Gasteiger partial charge in [0.1, 0.15) is 11.4 Å². The summed E-state index contributed by atoms with van der Waals surface area (Å²) in [5.41, 5.74) is 9.13. The van der Waals surface area contributed by atoms with Crippen molar-refractivity contribution in [2.75, 3.05) is 18.4 Å². The summed E-state index contributed by atoms with van der Waals surface area (Å²) in [5.74, 6) is -0.991. The van der Waals surface area contributed by atoms with Crippen LogP contribution in [0.2, 0.25) is 0 Å². The summed E-state index contributed by atoms with van der Waals surface area (Å²) in [4.78, 5) is 18.4. The molecule has 1 saturated heterocycles. The summed E-state index contributed by atoms with van der Waals surface area (Å²) in [6.07, 6.45) is 2.29. The van der Waals surface area contributed by atoms with Gasteiger partial charge in [0.25, 0.3) is 5.91 Å². The highest BCUT2D eigenvalue weighted by Crippen LogP contribution is 2.30. The van der Waals surface area contributed by atoms with Gasteiger partial charge >= 0.3 is 0 Å². The van der Waals surface area contributed by atoms with E-state index in [1.165, 1.54) is 12.1 Å². The van der Waals surface area contributed by atoms with Gasteiger partial charge in [-0.15, -0.1) is 11.3 Å². The number of aromatic nitrogens is 3. The van der Waals surface area contributed by atoms with Gasteiger partial charge in [0, 0.05) is 36.9 Å². The van der Waals surface area contributed by atoms with Crippen molar-refractivity contribution in [1.29, 1.82) is 5.26 Å². The Labute approximate surface area is 176 Å². The van der Waals surface area contributed by atoms with E-state index in [9.17, 15) is 14.4 Å². The predicted molar refractivity (Wildman–Crippen MR) is 111 cm³/mol. The van der Waals surface area contributed by atoms with Crippen molar-refractivity contribution in [2.45, 2.75) is 19.0 Å². The highest BCUT2D eigenvalue weighted by atomic mass is 32.1. The largest absolute Gasteiger partial charge is 0.365 e. The molecule has 1 aliphatic rings. The highest BCUT2D eigenvalue weighted by Gasteiger charge is 2.32. The van der Waals surface area contributed by atoms with Crippen molar-refractivity contribution >= 4 is 28.7 Å². The van der Waals surface area contributed by atoms with E-state index in [1.807, 2.05) is 5.38 Å². The molecule has 0 aliphatic carbocycles. The van der Waals surface area contributed by atoms with E-state index in [1.54, 1.807) is 39.9 Å². The molecule has 8 nitrogen and oxygen atoms in total. The zero-order valence-corrected chi connectivity index (χ0v) is 16.8. The molecule has 2 atom stereocenters. The van der Waals surface area contributed by atoms with Crippen LogP contribution in [0.5, 0.6) is 0 Å². The molecule has 0 spiro atoms. The predicted octanol–water partition coefficient (Wildman–Crippen LogP) is 2.91. The van der Waals surface area contributed by atoms with Gasteiger partial charge in [0.05, 0.1) is 29.2 Å². The van der Waals surface area contributed by atoms with Gasteiger partial charge in [-0.2, -0.15) is 10.4 Å². The zero-order valence-electron chi connectivity index (χ0n) is 16.0. The number of amides is 1. The average Bonchev–Trinajstić information content (AvgIpc) is 3.39. The fraction of sp³-hybridized carbons (Fsp3) is 0.300. The molecule has 1 aromatic carbocycles. The Morgan fingerprint density at radius 2 is 2.20 bits per heavy atom. The van der Waals surface area contributed by atoms with E-state index in [-0.39, 0.29) is 29.2 Å². The van der Waals surface area contributed by atoms with Crippen LogP contribution in [0.3, 0.4) is 0 Å². The number of carbonyl (C=O) groups excluding carboxylic acids is 1. The van der Waals surface area contributed by atoms with Gasteiger partial charge in [0.15, 0.2) is 5.82 Å². The Hall–Kier alpha value is -3.29. The lowest BCUT2D eigenvalue weighted by molar-refractivity contribution is 0.100. The van der Waals surface area contributed by atoms with Crippen LogP contribution in [-0.4, -0.2) is 38.7 Å². The molecule has 3 heterocycles. The second-order valence-electron chi connectivity index (χ2n) is 7.17. The fourth-order valence-electron chi connectivity index (χ4n) is 3.64. The van der Waals surface area contributed by atoms with Gasteiger partial charge < -0.3 is 11.1 Å². The number of nitriles is 1. The number of halogens is 1. The number of nitrogens with one attached hydrogen (secondary N) is 1. The topological polar surface area (TPSA) is 113 Å². The molecule has 1 aliphatic heterocycles. The van der Waals surface area contributed by atoms with E-state index >= 15 is 0 Å². The Kier molecular flexibility index (Phi) is 5.74. The molecule has 1 fully saturated rings. The molecule has 0 radical (unpaired) electrons. The van der Waals surface area contributed by atoms with Crippen molar-refractivity contribution < 1.29 is 9.18 Å². The number of piperidine rings is 1. The summed E-state index contributed by atoms with van der Waals surface area (Å²) in [6, 6.07) is 7.92. The average molecular weight is 425 g/mol. The summed E-state index contributed by atoms with van der Waals surface area (Å²) < 4.78 is 14.8.